The standard InChI is InChI=1S/C23H18N6O6/c1-13(30)20(21(31)25-18-3-2-8-24-12-18)29-27-17-6-4-16(5-7-17)26-28-19-10-14(22(32)33)9-15(11-19)23(34)35/h2-12,30H,1H3,(H,25,31)(H,32,33)(H,34,35)/b20-13-,28-26?,29-27?. The van der Waals surface area contributed by atoms with Crippen molar-refractivity contribution in [3.8, 4) is 0 Å². The first-order valence-electron chi connectivity index (χ1n) is 9.89. The summed E-state index contributed by atoms with van der Waals surface area (Å²) in [4.78, 5) is 38.6. The number of hydrogen-bond donors (Lipinski definition) is 4. The number of carbonyl (C=O) groups excluding carboxylic acids is 1. The normalized spacial score (nSPS) is 11.9. The van der Waals surface area contributed by atoms with Crippen molar-refractivity contribution in [1.82, 2.24) is 4.98 Å². The van der Waals surface area contributed by atoms with E-state index in [0.717, 1.165) is 6.07 Å². The molecule has 0 aliphatic rings. The lowest BCUT2D eigenvalue weighted by Gasteiger charge is -2.05. The van der Waals surface area contributed by atoms with Crippen LogP contribution in [-0.4, -0.2) is 38.1 Å². The summed E-state index contributed by atoms with van der Waals surface area (Å²) >= 11 is 0. The molecule has 3 aromatic rings. The van der Waals surface area contributed by atoms with Crippen LogP contribution < -0.4 is 5.32 Å². The number of nitrogens with one attached hydrogen (secondary N) is 1. The zero-order chi connectivity index (χ0) is 25.4. The second-order valence-electron chi connectivity index (χ2n) is 6.93. The van der Waals surface area contributed by atoms with Crippen molar-refractivity contribution >= 4 is 40.6 Å². The number of hydrogen-bond acceptors (Lipinski definition) is 9. The largest absolute Gasteiger partial charge is 0.510 e. The van der Waals surface area contributed by atoms with Gasteiger partial charge in [0.05, 0.1) is 40.1 Å². The van der Waals surface area contributed by atoms with Gasteiger partial charge >= 0.3 is 11.9 Å². The minimum atomic E-state index is -1.29. The van der Waals surface area contributed by atoms with Gasteiger partial charge in [0.1, 0.15) is 5.76 Å². The number of allylic oxidation sites excluding steroid dienone is 1. The van der Waals surface area contributed by atoms with Crippen molar-refractivity contribution in [1.29, 1.82) is 0 Å². The van der Waals surface area contributed by atoms with Crippen molar-refractivity contribution in [2.75, 3.05) is 5.32 Å². The number of aliphatic hydroxyl groups excluding tert-OH is 1. The fourth-order valence-electron chi connectivity index (χ4n) is 2.63. The van der Waals surface area contributed by atoms with Crippen LogP contribution in [0.1, 0.15) is 27.6 Å². The minimum Gasteiger partial charge on any atom is -0.510 e. The number of nitrogens with zero attached hydrogens (tertiary/aromatic N) is 5. The summed E-state index contributed by atoms with van der Waals surface area (Å²) in [5.41, 5.74) is 0.438. The Morgan fingerprint density at radius 1 is 0.800 bits per heavy atom. The second kappa shape index (κ2) is 11.0. The fourth-order valence-corrected chi connectivity index (χ4v) is 2.63. The number of aromatic nitrogens is 1. The summed E-state index contributed by atoms with van der Waals surface area (Å²) in [5, 5.41) is 46.3. The highest BCUT2D eigenvalue weighted by Crippen LogP contribution is 2.24. The van der Waals surface area contributed by atoms with Crippen molar-refractivity contribution < 1.29 is 29.7 Å². The zero-order valence-corrected chi connectivity index (χ0v) is 18.2. The first-order valence-corrected chi connectivity index (χ1v) is 9.89. The van der Waals surface area contributed by atoms with Gasteiger partial charge in [-0.2, -0.15) is 15.3 Å². The molecule has 12 nitrogen and oxygen atoms in total. The fraction of sp³-hybridized carbons (Fsp3) is 0.0435. The maximum absolute atomic E-state index is 12.4. The van der Waals surface area contributed by atoms with E-state index < -0.39 is 17.8 Å². The third-order valence-electron chi connectivity index (χ3n) is 4.28. The van der Waals surface area contributed by atoms with Gasteiger partial charge < -0.3 is 20.6 Å². The van der Waals surface area contributed by atoms with E-state index in [4.69, 9.17) is 10.2 Å². The number of carbonyl (C=O) groups is 3. The monoisotopic (exact) mass is 474 g/mol. The molecular weight excluding hydrogens is 456 g/mol. The maximum atomic E-state index is 12.4. The number of benzene rings is 2. The topological polar surface area (TPSA) is 186 Å². The number of azo groups is 2. The van der Waals surface area contributed by atoms with Gasteiger partial charge in [-0.25, -0.2) is 9.59 Å². The second-order valence-corrected chi connectivity index (χ2v) is 6.93. The highest BCUT2D eigenvalue weighted by Gasteiger charge is 2.14. The van der Waals surface area contributed by atoms with E-state index in [9.17, 15) is 19.5 Å². The molecule has 0 unspecified atom stereocenters. The number of rotatable bonds is 8. The molecule has 2 aromatic carbocycles. The third kappa shape index (κ3) is 6.86. The molecule has 4 N–H and O–H groups in total. The lowest BCUT2D eigenvalue weighted by molar-refractivity contribution is -0.113. The number of amides is 1. The summed E-state index contributed by atoms with van der Waals surface area (Å²) in [6.45, 7) is 1.30. The maximum Gasteiger partial charge on any atom is 0.335 e. The Labute approximate surface area is 198 Å². The van der Waals surface area contributed by atoms with Crippen LogP contribution >= 0.6 is 0 Å². The summed E-state index contributed by atoms with van der Waals surface area (Å²) < 4.78 is 0. The number of aromatic carboxylic acids is 2. The summed E-state index contributed by atoms with van der Waals surface area (Å²) in [6.07, 6.45) is 2.99. The predicted octanol–water partition coefficient (Wildman–Crippen LogP) is 5.41. The van der Waals surface area contributed by atoms with E-state index in [-0.39, 0.29) is 28.3 Å². The Balaban J connectivity index is 1.73. The molecule has 0 aliphatic heterocycles. The van der Waals surface area contributed by atoms with Gasteiger partial charge in [0, 0.05) is 6.20 Å². The van der Waals surface area contributed by atoms with E-state index in [1.807, 2.05) is 0 Å². The molecule has 0 radical (unpaired) electrons. The zero-order valence-electron chi connectivity index (χ0n) is 18.2. The van der Waals surface area contributed by atoms with E-state index >= 15 is 0 Å². The Kier molecular flexibility index (Phi) is 7.70. The van der Waals surface area contributed by atoms with Crippen molar-refractivity contribution in [2.45, 2.75) is 6.92 Å². The van der Waals surface area contributed by atoms with Crippen LogP contribution in [0.4, 0.5) is 22.7 Å². The van der Waals surface area contributed by atoms with Crippen LogP contribution in [0.15, 0.2) is 98.9 Å². The molecule has 12 heteroatoms. The average Bonchev–Trinajstić information content (AvgIpc) is 2.83. The Bertz CT molecular complexity index is 1310. The van der Waals surface area contributed by atoms with E-state index in [1.165, 1.54) is 49.5 Å². The number of carboxylic acids is 2. The molecule has 1 aromatic heterocycles. The molecule has 35 heavy (non-hydrogen) atoms. The van der Waals surface area contributed by atoms with E-state index in [2.05, 4.69) is 30.8 Å². The molecule has 0 aliphatic carbocycles. The minimum absolute atomic E-state index is 0.0545. The number of aliphatic hydroxyl groups is 1. The molecule has 1 amide bonds. The summed E-state index contributed by atoms with van der Waals surface area (Å²) in [6, 6.07) is 12.8. The third-order valence-corrected chi connectivity index (χ3v) is 4.28. The number of carboxylic acid groups (broad SMARTS) is 2. The Morgan fingerprint density at radius 2 is 1.37 bits per heavy atom. The van der Waals surface area contributed by atoms with Crippen LogP contribution in [0.2, 0.25) is 0 Å². The lowest BCUT2D eigenvalue weighted by Crippen LogP contribution is -2.14. The van der Waals surface area contributed by atoms with Crippen LogP contribution in [-0.2, 0) is 4.79 Å². The summed E-state index contributed by atoms with van der Waals surface area (Å²) in [7, 11) is 0. The smallest absolute Gasteiger partial charge is 0.335 e. The molecular formula is C23H18N6O6. The Morgan fingerprint density at radius 3 is 1.89 bits per heavy atom. The highest BCUT2D eigenvalue weighted by atomic mass is 16.4. The van der Waals surface area contributed by atoms with Gasteiger partial charge in [0.25, 0.3) is 5.91 Å². The van der Waals surface area contributed by atoms with Crippen molar-refractivity contribution in [2.24, 2.45) is 20.5 Å². The molecule has 0 saturated carbocycles. The quantitative estimate of drug-likeness (QED) is 0.191. The summed E-state index contributed by atoms with van der Waals surface area (Å²) in [5.74, 6) is -3.58. The van der Waals surface area contributed by atoms with Crippen molar-refractivity contribution in [3.63, 3.8) is 0 Å². The lowest BCUT2D eigenvalue weighted by atomic mass is 10.1. The van der Waals surface area contributed by atoms with Crippen LogP contribution in [0, 0.1) is 0 Å². The van der Waals surface area contributed by atoms with Crippen LogP contribution in [0.25, 0.3) is 0 Å². The van der Waals surface area contributed by atoms with Gasteiger partial charge in [-0.05, 0) is 61.5 Å². The van der Waals surface area contributed by atoms with E-state index in [1.54, 1.807) is 18.3 Å². The number of pyridine rings is 1. The van der Waals surface area contributed by atoms with Gasteiger partial charge in [-0.1, -0.05) is 0 Å². The highest BCUT2D eigenvalue weighted by molar-refractivity contribution is 6.03. The first kappa shape index (κ1) is 24.4. The molecule has 1 heterocycles. The van der Waals surface area contributed by atoms with Gasteiger partial charge in [0.2, 0.25) is 0 Å². The first-order chi connectivity index (χ1) is 16.7. The number of anilines is 1. The SMILES string of the molecule is C/C(O)=C(/N=Nc1ccc(N=Nc2cc(C(=O)O)cc(C(=O)O)c2)cc1)C(=O)Nc1cccnc1. The van der Waals surface area contributed by atoms with Gasteiger partial charge in [-0.15, -0.1) is 5.11 Å². The van der Waals surface area contributed by atoms with E-state index in [0.29, 0.717) is 17.1 Å². The van der Waals surface area contributed by atoms with Gasteiger partial charge in [0.15, 0.2) is 5.70 Å². The molecule has 0 atom stereocenters. The molecule has 0 spiro atoms. The Hall–Kier alpha value is -5.26. The van der Waals surface area contributed by atoms with Crippen LogP contribution in [0.3, 0.4) is 0 Å². The van der Waals surface area contributed by atoms with Gasteiger partial charge in [-0.3, -0.25) is 9.78 Å². The molecule has 0 saturated heterocycles. The molecule has 3 rings (SSSR count). The molecule has 0 fully saturated rings. The van der Waals surface area contributed by atoms with Crippen molar-refractivity contribution in [3.05, 3.63) is 89.6 Å². The molecule has 176 valence electrons. The average molecular weight is 474 g/mol. The molecule has 0 bridgehead atoms. The predicted molar refractivity (Wildman–Crippen MR) is 124 cm³/mol. The van der Waals surface area contributed by atoms with Crippen LogP contribution in [0.5, 0.6) is 0 Å².